The van der Waals surface area contributed by atoms with Crippen LogP contribution in [0.15, 0.2) is 24.3 Å². The van der Waals surface area contributed by atoms with Crippen molar-refractivity contribution in [2.75, 3.05) is 12.8 Å². The lowest BCUT2D eigenvalue weighted by Crippen LogP contribution is -2.46. The lowest BCUT2D eigenvalue weighted by atomic mass is 9.95. The standard InChI is InChI=1S/C17H25FN2O3S/c1-13(14-8-10-15(18)11-9-14)19-17(21)12-20(24(2,22)23)16-6-4-3-5-7-16/h8-11,13,16H,3-7,12H2,1-2H3,(H,19,21)/t13-/m1/s1. The van der Waals surface area contributed by atoms with E-state index in [9.17, 15) is 17.6 Å². The van der Waals surface area contributed by atoms with Gasteiger partial charge in [-0.25, -0.2) is 12.8 Å². The predicted octanol–water partition coefficient (Wildman–Crippen LogP) is 2.60. The molecule has 1 N–H and O–H groups in total. The van der Waals surface area contributed by atoms with Gasteiger partial charge < -0.3 is 5.32 Å². The molecule has 1 amide bonds. The molecule has 0 unspecified atom stereocenters. The summed E-state index contributed by atoms with van der Waals surface area (Å²) in [5, 5.41) is 2.79. The monoisotopic (exact) mass is 356 g/mol. The van der Waals surface area contributed by atoms with Crippen LogP contribution in [0.3, 0.4) is 0 Å². The summed E-state index contributed by atoms with van der Waals surface area (Å²) >= 11 is 0. The third kappa shape index (κ3) is 5.27. The van der Waals surface area contributed by atoms with Gasteiger partial charge in [-0.15, -0.1) is 0 Å². The number of benzene rings is 1. The van der Waals surface area contributed by atoms with E-state index in [2.05, 4.69) is 5.32 Å². The van der Waals surface area contributed by atoms with Crippen molar-refractivity contribution >= 4 is 15.9 Å². The highest BCUT2D eigenvalue weighted by atomic mass is 32.2. The molecule has 1 aromatic carbocycles. The molecule has 134 valence electrons. The van der Waals surface area contributed by atoms with Crippen molar-refractivity contribution < 1.29 is 17.6 Å². The topological polar surface area (TPSA) is 66.5 Å². The Morgan fingerprint density at radius 3 is 2.38 bits per heavy atom. The Morgan fingerprint density at radius 1 is 1.25 bits per heavy atom. The molecule has 0 spiro atoms. The van der Waals surface area contributed by atoms with E-state index in [1.165, 1.54) is 16.4 Å². The molecule has 0 aliphatic heterocycles. The van der Waals surface area contributed by atoms with Crippen LogP contribution in [0.2, 0.25) is 0 Å². The van der Waals surface area contributed by atoms with Gasteiger partial charge in [-0.2, -0.15) is 4.31 Å². The van der Waals surface area contributed by atoms with Crippen molar-refractivity contribution in [1.29, 1.82) is 0 Å². The lowest BCUT2D eigenvalue weighted by Gasteiger charge is -2.32. The van der Waals surface area contributed by atoms with Crippen LogP contribution < -0.4 is 5.32 Å². The molecule has 1 saturated carbocycles. The van der Waals surface area contributed by atoms with Gasteiger partial charge in [0.1, 0.15) is 5.82 Å². The first-order valence-electron chi connectivity index (χ1n) is 8.29. The molecule has 0 radical (unpaired) electrons. The Hall–Kier alpha value is -1.47. The van der Waals surface area contributed by atoms with E-state index in [0.717, 1.165) is 43.9 Å². The molecule has 2 rings (SSSR count). The number of hydrogen-bond acceptors (Lipinski definition) is 3. The molecule has 1 atom stereocenters. The highest BCUT2D eigenvalue weighted by Crippen LogP contribution is 2.24. The summed E-state index contributed by atoms with van der Waals surface area (Å²) in [6.07, 6.45) is 5.84. The van der Waals surface area contributed by atoms with Crippen LogP contribution in [0.1, 0.15) is 50.6 Å². The second-order valence-electron chi connectivity index (χ2n) is 6.44. The number of rotatable bonds is 6. The summed E-state index contributed by atoms with van der Waals surface area (Å²) in [6.45, 7) is 1.62. The Labute approximate surface area is 143 Å². The van der Waals surface area contributed by atoms with Crippen LogP contribution >= 0.6 is 0 Å². The fourth-order valence-corrected chi connectivity index (χ4v) is 4.25. The Morgan fingerprint density at radius 2 is 1.83 bits per heavy atom. The van der Waals surface area contributed by atoms with Crippen LogP contribution in [0.5, 0.6) is 0 Å². The maximum Gasteiger partial charge on any atom is 0.235 e. The largest absolute Gasteiger partial charge is 0.348 e. The van der Waals surface area contributed by atoms with Crippen molar-refractivity contribution in [1.82, 2.24) is 9.62 Å². The van der Waals surface area contributed by atoms with Gasteiger partial charge in [0.2, 0.25) is 15.9 Å². The number of carbonyl (C=O) groups is 1. The Bertz CT molecular complexity index is 655. The molecule has 0 aromatic heterocycles. The quantitative estimate of drug-likeness (QED) is 0.852. The van der Waals surface area contributed by atoms with Crippen LogP contribution in [0, 0.1) is 5.82 Å². The first-order valence-corrected chi connectivity index (χ1v) is 10.1. The summed E-state index contributed by atoms with van der Waals surface area (Å²) < 4.78 is 38.4. The summed E-state index contributed by atoms with van der Waals surface area (Å²) in [7, 11) is -3.44. The van der Waals surface area contributed by atoms with Crippen LogP contribution in [0.4, 0.5) is 4.39 Å². The summed E-state index contributed by atoms with van der Waals surface area (Å²) in [5.41, 5.74) is 0.772. The molecule has 7 heteroatoms. The fraction of sp³-hybridized carbons (Fsp3) is 0.588. The SMILES string of the molecule is C[C@@H](NC(=O)CN(C1CCCCC1)S(C)(=O)=O)c1ccc(F)cc1. The molecular formula is C17H25FN2O3S. The number of sulfonamides is 1. The van der Waals surface area contributed by atoms with Gasteiger partial charge in [0.25, 0.3) is 0 Å². The smallest absolute Gasteiger partial charge is 0.235 e. The van der Waals surface area contributed by atoms with Crippen molar-refractivity contribution in [2.45, 2.75) is 51.1 Å². The molecular weight excluding hydrogens is 331 g/mol. The molecule has 5 nitrogen and oxygen atoms in total. The normalized spacial score (nSPS) is 17.7. The number of amides is 1. The number of nitrogens with zero attached hydrogens (tertiary/aromatic N) is 1. The first-order chi connectivity index (χ1) is 11.3. The zero-order valence-electron chi connectivity index (χ0n) is 14.2. The van der Waals surface area contributed by atoms with Gasteiger partial charge in [0, 0.05) is 6.04 Å². The third-order valence-electron chi connectivity index (χ3n) is 4.45. The van der Waals surface area contributed by atoms with Crippen molar-refractivity contribution in [3.63, 3.8) is 0 Å². The van der Waals surface area contributed by atoms with Crippen LogP contribution in [-0.2, 0) is 14.8 Å². The molecule has 24 heavy (non-hydrogen) atoms. The van der Waals surface area contributed by atoms with Gasteiger partial charge in [-0.1, -0.05) is 31.4 Å². The molecule has 1 aliphatic rings. The summed E-state index contributed by atoms with van der Waals surface area (Å²) in [6, 6.07) is 5.48. The highest BCUT2D eigenvalue weighted by molar-refractivity contribution is 7.88. The average Bonchev–Trinajstić information content (AvgIpc) is 2.53. The lowest BCUT2D eigenvalue weighted by molar-refractivity contribution is -0.122. The molecule has 0 heterocycles. The Kier molecular flexibility index (Phi) is 6.34. The predicted molar refractivity (Wildman–Crippen MR) is 91.4 cm³/mol. The number of hydrogen-bond donors (Lipinski definition) is 1. The summed E-state index contributed by atoms with van der Waals surface area (Å²) in [4.78, 5) is 12.3. The maximum absolute atomic E-state index is 13.0. The third-order valence-corrected chi connectivity index (χ3v) is 5.73. The van der Waals surface area contributed by atoms with Crippen molar-refractivity contribution in [3.8, 4) is 0 Å². The van der Waals surface area contributed by atoms with E-state index >= 15 is 0 Å². The zero-order chi connectivity index (χ0) is 17.7. The van der Waals surface area contributed by atoms with Gasteiger partial charge in [0.05, 0.1) is 18.8 Å². The van der Waals surface area contributed by atoms with E-state index in [0.29, 0.717) is 0 Å². The molecule has 0 bridgehead atoms. The minimum absolute atomic E-state index is 0.0966. The summed E-state index contributed by atoms with van der Waals surface area (Å²) in [5.74, 6) is -0.680. The second kappa shape index (κ2) is 8.07. The van der Waals surface area contributed by atoms with E-state index in [1.807, 2.05) is 0 Å². The van der Waals surface area contributed by atoms with Crippen LogP contribution in [0.25, 0.3) is 0 Å². The van der Waals surface area contributed by atoms with E-state index in [4.69, 9.17) is 0 Å². The van der Waals surface area contributed by atoms with E-state index in [1.54, 1.807) is 19.1 Å². The molecule has 1 aromatic rings. The van der Waals surface area contributed by atoms with Gasteiger partial charge in [0.15, 0.2) is 0 Å². The average molecular weight is 356 g/mol. The number of nitrogens with one attached hydrogen (secondary N) is 1. The molecule has 1 fully saturated rings. The van der Waals surface area contributed by atoms with Gasteiger partial charge >= 0.3 is 0 Å². The second-order valence-corrected chi connectivity index (χ2v) is 8.38. The first kappa shape index (κ1) is 18.9. The minimum Gasteiger partial charge on any atom is -0.348 e. The van der Waals surface area contributed by atoms with E-state index in [-0.39, 0.29) is 30.4 Å². The van der Waals surface area contributed by atoms with Crippen LogP contribution in [-0.4, -0.2) is 37.5 Å². The zero-order valence-corrected chi connectivity index (χ0v) is 15.0. The minimum atomic E-state index is -3.44. The van der Waals surface area contributed by atoms with E-state index < -0.39 is 10.0 Å². The highest BCUT2D eigenvalue weighted by Gasteiger charge is 2.30. The number of carbonyl (C=O) groups excluding carboxylic acids is 1. The molecule has 1 aliphatic carbocycles. The van der Waals surface area contributed by atoms with Crippen molar-refractivity contribution in [2.24, 2.45) is 0 Å². The maximum atomic E-state index is 13.0. The van der Waals surface area contributed by atoms with Gasteiger partial charge in [-0.3, -0.25) is 4.79 Å². The molecule has 0 saturated heterocycles. The fourth-order valence-electron chi connectivity index (χ4n) is 3.15. The number of halogens is 1. The van der Waals surface area contributed by atoms with Crippen molar-refractivity contribution in [3.05, 3.63) is 35.6 Å². The Balaban J connectivity index is 2.00. The van der Waals surface area contributed by atoms with Gasteiger partial charge in [-0.05, 0) is 37.5 Å².